The summed E-state index contributed by atoms with van der Waals surface area (Å²) in [6, 6.07) is 3.57. The first-order chi connectivity index (χ1) is 13.1. The van der Waals surface area contributed by atoms with Gasteiger partial charge in [0.2, 0.25) is 5.91 Å². The third-order valence-electron chi connectivity index (χ3n) is 4.68. The Morgan fingerprint density at radius 1 is 1.41 bits per heavy atom. The number of nitrogens with one attached hydrogen (secondary N) is 2. The van der Waals surface area contributed by atoms with Crippen LogP contribution in [0.1, 0.15) is 33.9 Å². The maximum absolute atomic E-state index is 12.9. The molecule has 0 aromatic carbocycles. The number of aryl methyl sites for hydroxylation is 1. The summed E-state index contributed by atoms with van der Waals surface area (Å²) in [6.07, 6.45) is 3.92. The summed E-state index contributed by atoms with van der Waals surface area (Å²) in [5.41, 5.74) is 1.40. The third kappa shape index (κ3) is 5.03. The van der Waals surface area contributed by atoms with Crippen molar-refractivity contribution in [3.63, 3.8) is 0 Å². The standard InChI is InChI=1S/C19H25N5O2S/c1-13-23-15(12-27-13)9-17(25)22-10-14-5-4-8-24(11-14)19(26)16-6-3-7-21-18(16)20-2/h3,6-7,12,14H,4-5,8-11H2,1-2H3,(H,20,21)(H,22,25). The highest BCUT2D eigenvalue weighted by atomic mass is 32.1. The number of carbonyl (C=O) groups is 2. The van der Waals surface area contributed by atoms with E-state index in [-0.39, 0.29) is 17.7 Å². The molecule has 7 nitrogen and oxygen atoms in total. The highest BCUT2D eigenvalue weighted by Gasteiger charge is 2.26. The number of piperidine rings is 1. The first-order valence-corrected chi connectivity index (χ1v) is 10.0. The van der Waals surface area contributed by atoms with Crippen LogP contribution in [0, 0.1) is 12.8 Å². The molecule has 8 heteroatoms. The van der Waals surface area contributed by atoms with Crippen molar-refractivity contribution in [2.75, 3.05) is 32.0 Å². The third-order valence-corrected chi connectivity index (χ3v) is 5.50. The average Bonchev–Trinajstić information content (AvgIpc) is 3.10. The predicted molar refractivity (Wildman–Crippen MR) is 106 cm³/mol. The van der Waals surface area contributed by atoms with Crippen LogP contribution in [0.2, 0.25) is 0 Å². The van der Waals surface area contributed by atoms with Crippen molar-refractivity contribution in [2.24, 2.45) is 5.92 Å². The number of hydrogen-bond donors (Lipinski definition) is 2. The van der Waals surface area contributed by atoms with Gasteiger partial charge in [-0.1, -0.05) is 0 Å². The lowest BCUT2D eigenvalue weighted by Crippen LogP contribution is -2.44. The van der Waals surface area contributed by atoms with Crippen LogP contribution in [0.15, 0.2) is 23.7 Å². The number of anilines is 1. The van der Waals surface area contributed by atoms with Gasteiger partial charge in [0, 0.05) is 38.3 Å². The summed E-state index contributed by atoms with van der Waals surface area (Å²) in [6.45, 7) is 3.89. The molecule has 2 N–H and O–H groups in total. The van der Waals surface area contributed by atoms with Crippen LogP contribution in [-0.2, 0) is 11.2 Å². The zero-order valence-electron chi connectivity index (χ0n) is 15.7. The van der Waals surface area contributed by atoms with Gasteiger partial charge in [-0.2, -0.15) is 0 Å². The smallest absolute Gasteiger partial charge is 0.257 e. The van der Waals surface area contributed by atoms with E-state index in [1.54, 1.807) is 36.7 Å². The molecule has 2 aromatic heterocycles. The summed E-state index contributed by atoms with van der Waals surface area (Å²) < 4.78 is 0. The number of carbonyl (C=O) groups excluding carboxylic acids is 2. The van der Waals surface area contributed by atoms with Crippen molar-refractivity contribution in [2.45, 2.75) is 26.2 Å². The van der Waals surface area contributed by atoms with Gasteiger partial charge in [-0.05, 0) is 37.8 Å². The van der Waals surface area contributed by atoms with Crippen LogP contribution in [0.4, 0.5) is 5.82 Å². The Hall–Kier alpha value is -2.48. The molecule has 0 radical (unpaired) electrons. The van der Waals surface area contributed by atoms with Crippen molar-refractivity contribution in [3.05, 3.63) is 40.0 Å². The molecule has 2 aromatic rings. The Morgan fingerprint density at radius 3 is 3.00 bits per heavy atom. The Labute approximate surface area is 163 Å². The van der Waals surface area contributed by atoms with E-state index in [1.807, 2.05) is 17.2 Å². The molecule has 144 valence electrons. The van der Waals surface area contributed by atoms with Crippen molar-refractivity contribution in [3.8, 4) is 0 Å². The lowest BCUT2D eigenvalue weighted by molar-refractivity contribution is -0.120. The van der Waals surface area contributed by atoms with Gasteiger partial charge in [-0.15, -0.1) is 11.3 Å². The van der Waals surface area contributed by atoms with Crippen LogP contribution in [0.3, 0.4) is 0 Å². The van der Waals surface area contributed by atoms with Crippen molar-refractivity contribution < 1.29 is 9.59 Å². The van der Waals surface area contributed by atoms with E-state index < -0.39 is 0 Å². The van der Waals surface area contributed by atoms with Crippen LogP contribution >= 0.6 is 11.3 Å². The Morgan fingerprint density at radius 2 is 2.26 bits per heavy atom. The second kappa shape index (κ2) is 8.94. The molecule has 2 amide bonds. The quantitative estimate of drug-likeness (QED) is 0.793. The maximum Gasteiger partial charge on any atom is 0.257 e. The number of hydrogen-bond acceptors (Lipinski definition) is 6. The monoisotopic (exact) mass is 387 g/mol. The first kappa shape index (κ1) is 19.3. The summed E-state index contributed by atoms with van der Waals surface area (Å²) in [4.78, 5) is 35.4. The molecule has 27 heavy (non-hydrogen) atoms. The SMILES string of the molecule is CNc1ncccc1C(=O)N1CCCC(CNC(=O)Cc2csc(C)n2)C1. The second-order valence-electron chi connectivity index (χ2n) is 6.75. The molecule has 0 spiro atoms. The number of likely N-dealkylation sites (tertiary alicyclic amines) is 1. The normalized spacial score (nSPS) is 16.8. The molecule has 1 atom stereocenters. The summed E-state index contributed by atoms with van der Waals surface area (Å²) in [5, 5.41) is 8.85. The molecule has 1 unspecified atom stereocenters. The van der Waals surface area contributed by atoms with E-state index in [4.69, 9.17) is 0 Å². The van der Waals surface area contributed by atoms with Gasteiger partial charge in [-0.3, -0.25) is 9.59 Å². The van der Waals surface area contributed by atoms with Crippen LogP contribution in [-0.4, -0.2) is 53.4 Å². The van der Waals surface area contributed by atoms with E-state index in [0.29, 0.717) is 30.9 Å². The lowest BCUT2D eigenvalue weighted by atomic mass is 9.97. The van der Waals surface area contributed by atoms with Crippen molar-refractivity contribution >= 4 is 29.0 Å². The molecule has 1 saturated heterocycles. The minimum absolute atomic E-state index is 0.0126. The van der Waals surface area contributed by atoms with E-state index in [2.05, 4.69) is 20.6 Å². The minimum atomic E-state index is -0.0199. The first-order valence-electron chi connectivity index (χ1n) is 9.16. The van der Waals surface area contributed by atoms with Crippen molar-refractivity contribution in [1.29, 1.82) is 0 Å². The maximum atomic E-state index is 12.9. The summed E-state index contributed by atoms with van der Waals surface area (Å²) in [5.74, 6) is 0.824. The summed E-state index contributed by atoms with van der Waals surface area (Å²) in [7, 11) is 1.76. The Bertz CT molecular complexity index is 807. The molecule has 0 saturated carbocycles. The fourth-order valence-corrected chi connectivity index (χ4v) is 3.95. The van der Waals surface area contributed by atoms with Gasteiger partial charge in [-0.25, -0.2) is 9.97 Å². The van der Waals surface area contributed by atoms with Gasteiger partial charge in [0.25, 0.3) is 5.91 Å². The molecule has 1 aliphatic rings. The number of amides is 2. The Kier molecular flexibility index (Phi) is 6.39. The van der Waals surface area contributed by atoms with Gasteiger partial charge in [0.1, 0.15) is 5.82 Å². The summed E-state index contributed by atoms with van der Waals surface area (Å²) >= 11 is 1.55. The minimum Gasteiger partial charge on any atom is -0.372 e. The molecule has 1 aliphatic heterocycles. The topological polar surface area (TPSA) is 87.2 Å². The number of nitrogens with zero attached hydrogens (tertiary/aromatic N) is 3. The van der Waals surface area contributed by atoms with E-state index in [0.717, 1.165) is 30.1 Å². The molecule has 0 bridgehead atoms. The number of pyridine rings is 1. The van der Waals surface area contributed by atoms with Crippen molar-refractivity contribution in [1.82, 2.24) is 20.2 Å². The highest BCUT2D eigenvalue weighted by Crippen LogP contribution is 2.20. The predicted octanol–water partition coefficient (Wildman–Crippen LogP) is 2.10. The zero-order valence-corrected chi connectivity index (χ0v) is 16.5. The molecular weight excluding hydrogens is 362 g/mol. The average molecular weight is 388 g/mol. The number of thiazole rings is 1. The molecule has 3 heterocycles. The lowest BCUT2D eigenvalue weighted by Gasteiger charge is -2.33. The second-order valence-corrected chi connectivity index (χ2v) is 7.81. The largest absolute Gasteiger partial charge is 0.372 e. The number of aromatic nitrogens is 2. The highest BCUT2D eigenvalue weighted by molar-refractivity contribution is 7.09. The van der Waals surface area contributed by atoms with Gasteiger partial charge in [0.15, 0.2) is 0 Å². The van der Waals surface area contributed by atoms with Crippen LogP contribution < -0.4 is 10.6 Å². The van der Waals surface area contributed by atoms with Gasteiger partial charge >= 0.3 is 0 Å². The molecule has 1 fully saturated rings. The van der Waals surface area contributed by atoms with E-state index in [9.17, 15) is 9.59 Å². The van der Waals surface area contributed by atoms with Crippen LogP contribution in [0.25, 0.3) is 0 Å². The van der Waals surface area contributed by atoms with Crippen LogP contribution in [0.5, 0.6) is 0 Å². The molecule has 0 aliphatic carbocycles. The van der Waals surface area contributed by atoms with Gasteiger partial charge in [0.05, 0.1) is 22.7 Å². The fourth-order valence-electron chi connectivity index (χ4n) is 3.34. The zero-order chi connectivity index (χ0) is 19.2. The number of rotatable bonds is 6. The Balaban J connectivity index is 1.53. The van der Waals surface area contributed by atoms with Gasteiger partial charge < -0.3 is 15.5 Å². The molecule has 3 rings (SSSR count). The van der Waals surface area contributed by atoms with E-state index >= 15 is 0 Å². The molecular formula is C19H25N5O2S. The van der Waals surface area contributed by atoms with E-state index in [1.165, 1.54) is 0 Å². The fraction of sp³-hybridized carbons (Fsp3) is 0.474.